The standard InChI is InChI=1S/C24H19ClN4O3/c1-32-22-15-21(29-11-2-3-12-29)20(25)14-19(22)24(31)28-18-6-4-5-17(13-18)27-23(30)16-7-9-26-10-8-16/h2-15H,1H3,(H,27,30)(H,28,31). The molecule has 0 bridgehead atoms. The summed E-state index contributed by atoms with van der Waals surface area (Å²) >= 11 is 6.43. The Labute approximate surface area is 189 Å². The van der Waals surface area contributed by atoms with E-state index in [4.69, 9.17) is 16.3 Å². The monoisotopic (exact) mass is 446 g/mol. The summed E-state index contributed by atoms with van der Waals surface area (Å²) in [6.07, 6.45) is 6.80. The Kier molecular flexibility index (Phi) is 6.19. The third-order valence-electron chi connectivity index (χ3n) is 4.72. The van der Waals surface area contributed by atoms with Crippen LogP contribution in [-0.2, 0) is 0 Å². The maximum absolute atomic E-state index is 12.9. The van der Waals surface area contributed by atoms with E-state index in [0.717, 1.165) is 0 Å². The fraction of sp³-hybridized carbons (Fsp3) is 0.0417. The number of halogens is 1. The Bertz CT molecular complexity index is 1260. The van der Waals surface area contributed by atoms with E-state index in [2.05, 4.69) is 15.6 Å². The van der Waals surface area contributed by atoms with Gasteiger partial charge in [0.05, 0.1) is 23.4 Å². The molecule has 8 heteroatoms. The largest absolute Gasteiger partial charge is 0.496 e. The van der Waals surface area contributed by atoms with Gasteiger partial charge in [-0.05, 0) is 48.5 Å². The fourth-order valence-corrected chi connectivity index (χ4v) is 3.42. The average molecular weight is 447 g/mol. The molecule has 160 valence electrons. The van der Waals surface area contributed by atoms with E-state index in [0.29, 0.717) is 39.0 Å². The molecular formula is C24H19ClN4O3. The molecule has 0 aliphatic rings. The number of pyridine rings is 1. The van der Waals surface area contributed by atoms with Gasteiger partial charge in [-0.25, -0.2) is 0 Å². The first-order valence-corrected chi connectivity index (χ1v) is 10.1. The number of hydrogen-bond donors (Lipinski definition) is 2. The number of anilines is 2. The van der Waals surface area contributed by atoms with E-state index in [1.54, 1.807) is 60.9 Å². The SMILES string of the molecule is COc1cc(-n2cccc2)c(Cl)cc1C(=O)Nc1cccc(NC(=O)c2ccncc2)c1. The first kappa shape index (κ1) is 21.1. The third kappa shape index (κ3) is 4.63. The van der Waals surface area contributed by atoms with Crippen molar-refractivity contribution < 1.29 is 14.3 Å². The van der Waals surface area contributed by atoms with Crippen LogP contribution in [-0.4, -0.2) is 28.5 Å². The van der Waals surface area contributed by atoms with Gasteiger partial charge in [-0.2, -0.15) is 0 Å². The molecule has 0 saturated carbocycles. The van der Waals surface area contributed by atoms with Gasteiger partial charge < -0.3 is 19.9 Å². The lowest BCUT2D eigenvalue weighted by atomic mass is 10.1. The molecule has 0 aliphatic heterocycles. The maximum Gasteiger partial charge on any atom is 0.259 e. The molecule has 0 aliphatic carbocycles. The van der Waals surface area contributed by atoms with Gasteiger partial charge in [0, 0.05) is 47.8 Å². The molecule has 2 heterocycles. The van der Waals surface area contributed by atoms with Crippen molar-refractivity contribution in [3.05, 3.63) is 102 Å². The highest BCUT2D eigenvalue weighted by atomic mass is 35.5. The normalized spacial score (nSPS) is 10.4. The summed E-state index contributed by atoms with van der Waals surface area (Å²) in [7, 11) is 1.49. The van der Waals surface area contributed by atoms with Gasteiger partial charge in [0.1, 0.15) is 5.75 Å². The minimum absolute atomic E-state index is 0.273. The highest BCUT2D eigenvalue weighted by Crippen LogP contribution is 2.30. The summed E-state index contributed by atoms with van der Waals surface area (Å²) in [6.45, 7) is 0. The molecule has 2 aromatic heterocycles. The number of amides is 2. The molecule has 0 atom stereocenters. The number of methoxy groups -OCH3 is 1. The Balaban J connectivity index is 1.53. The molecule has 32 heavy (non-hydrogen) atoms. The predicted molar refractivity (Wildman–Crippen MR) is 124 cm³/mol. The van der Waals surface area contributed by atoms with E-state index >= 15 is 0 Å². The second-order valence-corrected chi connectivity index (χ2v) is 7.23. The number of nitrogens with one attached hydrogen (secondary N) is 2. The molecule has 0 unspecified atom stereocenters. The van der Waals surface area contributed by atoms with Gasteiger partial charge in [-0.3, -0.25) is 14.6 Å². The number of rotatable bonds is 6. The fourth-order valence-electron chi connectivity index (χ4n) is 3.16. The third-order valence-corrected chi connectivity index (χ3v) is 5.02. The van der Waals surface area contributed by atoms with Gasteiger partial charge >= 0.3 is 0 Å². The summed E-state index contributed by atoms with van der Waals surface area (Å²) in [5, 5.41) is 6.03. The van der Waals surface area contributed by atoms with Gasteiger partial charge in [0.2, 0.25) is 0 Å². The van der Waals surface area contributed by atoms with E-state index in [9.17, 15) is 9.59 Å². The van der Waals surface area contributed by atoms with Crippen LogP contribution in [0.1, 0.15) is 20.7 Å². The summed E-state index contributed by atoms with van der Waals surface area (Å²) in [5.74, 6) is -0.275. The number of carbonyl (C=O) groups excluding carboxylic acids is 2. The van der Waals surface area contributed by atoms with Crippen LogP contribution in [0, 0.1) is 0 Å². The topological polar surface area (TPSA) is 85.2 Å². The van der Waals surface area contributed by atoms with E-state index in [1.165, 1.54) is 7.11 Å². The van der Waals surface area contributed by atoms with Crippen LogP contribution in [0.15, 0.2) is 85.5 Å². The number of nitrogens with zero attached hydrogens (tertiary/aromatic N) is 2. The van der Waals surface area contributed by atoms with Crippen molar-refractivity contribution in [1.29, 1.82) is 0 Å². The molecular weight excluding hydrogens is 428 g/mol. The van der Waals surface area contributed by atoms with Crippen molar-refractivity contribution in [2.45, 2.75) is 0 Å². The van der Waals surface area contributed by atoms with Gasteiger partial charge in [0.25, 0.3) is 11.8 Å². The maximum atomic E-state index is 12.9. The second-order valence-electron chi connectivity index (χ2n) is 6.82. The quantitative estimate of drug-likeness (QED) is 0.434. The number of benzene rings is 2. The lowest BCUT2D eigenvalue weighted by molar-refractivity contribution is 0.101. The molecule has 4 aromatic rings. The minimum Gasteiger partial charge on any atom is -0.496 e. The second kappa shape index (κ2) is 9.36. The van der Waals surface area contributed by atoms with Crippen LogP contribution in [0.5, 0.6) is 5.75 Å². The average Bonchev–Trinajstić information content (AvgIpc) is 3.34. The van der Waals surface area contributed by atoms with E-state index < -0.39 is 0 Å². The molecule has 0 saturated heterocycles. The zero-order valence-corrected chi connectivity index (χ0v) is 17.8. The Morgan fingerprint density at radius 3 is 2.22 bits per heavy atom. The minimum atomic E-state index is -0.389. The molecule has 7 nitrogen and oxygen atoms in total. The number of ether oxygens (including phenoxy) is 1. The van der Waals surface area contributed by atoms with Crippen LogP contribution in [0.25, 0.3) is 5.69 Å². The van der Waals surface area contributed by atoms with Crippen LogP contribution >= 0.6 is 11.6 Å². The van der Waals surface area contributed by atoms with Crippen molar-refractivity contribution in [1.82, 2.24) is 9.55 Å². The van der Waals surface area contributed by atoms with Crippen molar-refractivity contribution in [2.75, 3.05) is 17.7 Å². The molecule has 4 rings (SSSR count). The van der Waals surface area contributed by atoms with Gasteiger partial charge in [-0.1, -0.05) is 17.7 Å². The van der Waals surface area contributed by atoms with Gasteiger partial charge in [0.15, 0.2) is 0 Å². The highest BCUT2D eigenvalue weighted by Gasteiger charge is 2.17. The Hall–Kier alpha value is -4.10. The lowest BCUT2D eigenvalue weighted by Gasteiger charge is -2.14. The first-order valence-electron chi connectivity index (χ1n) is 9.69. The van der Waals surface area contributed by atoms with Crippen LogP contribution in [0.3, 0.4) is 0 Å². The summed E-state index contributed by atoms with van der Waals surface area (Å²) in [5.41, 5.74) is 2.52. The molecule has 0 fully saturated rings. The molecule has 0 spiro atoms. The zero-order valence-electron chi connectivity index (χ0n) is 17.1. The smallest absolute Gasteiger partial charge is 0.259 e. The first-order chi connectivity index (χ1) is 15.5. The zero-order chi connectivity index (χ0) is 22.5. The molecule has 2 aromatic carbocycles. The van der Waals surface area contributed by atoms with Crippen molar-refractivity contribution in [3.63, 3.8) is 0 Å². The Morgan fingerprint density at radius 1 is 0.906 bits per heavy atom. The number of hydrogen-bond acceptors (Lipinski definition) is 4. The molecule has 2 amide bonds. The van der Waals surface area contributed by atoms with E-state index in [1.807, 2.05) is 29.1 Å². The van der Waals surface area contributed by atoms with Gasteiger partial charge in [-0.15, -0.1) is 0 Å². The molecule has 0 radical (unpaired) electrons. The number of aromatic nitrogens is 2. The Morgan fingerprint density at radius 2 is 1.56 bits per heavy atom. The van der Waals surface area contributed by atoms with Crippen LogP contribution in [0.4, 0.5) is 11.4 Å². The van der Waals surface area contributed by atoms with Crippen LogP contribution < -0.4 is 15.4 Å². The van der Waals surface area contributed by atoms with Crippen molar-refractivity contribution in [3.8, 4) is 11.4 Å². The number of carbonyl (C=O) groups is 2. The predicted octanol–water partition coefficient (Wildman–Crippen LogP) is 5.04. The summed E-state index contributed by atoms with van der Waals surface area (Å²) in [6, 6.07) is 17.1. The van der Waals surface area contributed by atoms with Crippen molar-refractivity contribution >= 4 is 34.8 Å². The summed E-state index contributed by atoms with van der Waals surface area (Å²) < 4.78 is 7.26. The highest BCUT2D eigenvalue weighted by molar-refractivity contribution is 6.33. The summed E-state index contributed by atoms with van der Waals surface area (Å²) in [4.78, 5) is 29.2. The van der Waals surface area contributed by atoms with E-state index in [-0.39, 0.29) is 11.8 Å². The molecule has 2 N–H and O–H groups in total. The van der Waals surface area contributed by atoms with Crippen LogP contribution in [0.2, 0.25) is 5.02 Å². The van der Waals surface area contributed by atoms with Crippen molar-refractivity contribution in [2.24, 2.45) is 0 Å². The lowest BCUT2D eigenvalue weighted by Crippen LogP contribution is -2.15.